The number of rotatable bonds is 7. The molecule has 0 aromatic heterocycles. The number of benzene rings is 3. The van der Waals surface area contributed by atoms with E-state index in [1.165, 1.54) is 12.1 Å². The van der Waals surface area contributed by atoms with E-state index < -0.39 is 0 Å². The molecular weight excluding hydrogens is 338 g/mol. The SMILES string of the molecule is O=C(CC(c1ccccc1)c1ccccc1)NCCc1ccc(O)c(O)c1. The number of carbonyl (C=O) groups excluding carboxylic acids is 1. The van der Waals surface area contributed by atoms with Crippen molar-refractivity contribution in [1.82, 2.24) is 5.32 Å². The molecule has 0 saturated heterocycles. The third-order valence-corrected chi connectivity index (χ3v) is 4.57. The van der Waals surface area contributed by atoms with Gasteiger partial charge in [-0.25, -0.2) is 0 Å². The van der Waals surface area contributed by atoms with E-state index in [9.17, 15) is 15.0 Å². The smallest absolute Gasteiger partial charge is 0.220 e. The maximum Gasteiger partial charge on any atom is 0.220 e. The highest BCUT2D eigenvalue weighted by molar-refractivity contribution is 5.77. The van der Waals surface area contributed by atoms with E-state index in [1.807, 2.05) is 60.7 Å². The van der Waals surface area contributed by atoms with Crippen molar-refractivity contribution in [1.29, 1.82) is 0 Å². The van der Waals surface area contributed by atoms with Crippen molar-refractivity contribution < 1.29 is 15.0 Å². The summed E-state index contributed by atoms with van der Waals surface area (Å²) in [5.74, 6) is -0.302. The predicted molar refractivity (Wildman–Crippen MR) is 106 cm³/mol. The van der Waals surface area contributed by atoms with Crippen LogP contribution in [-0.2, 0) is 11.2 Å². The fourth-order valence-electron chi connectivity index (χ4n) is 3.13. The first-order chi connectivity index (χ1) is 13.1. The summed E-state index contributed by atoms with van der Waals surface area (Å²) in [4.78, 5) is 12.5. The summed E-state index contributed by atoms with van der Waals surface area (Å²) in [7, 11) is 0. The quantitative estimate of drug-likeness (QED) is 0.558. The maximum absolute atomic E-state index is 12.5. The number of hydrogen-bond donors (Lipinski definition) is 3. The number of hydrogen-bond acceptors (Lipinski definition) is 3. The van der Waals surface area contributed by atoms with Gasteiger partial charge in [0.25, 0.3) is 0 Å². The number of aromatic hydroxyl groups is 2. The summed E-state index contributed by atoms with van der Waals surface area (Å²) >= 11 is 0. The summed E-state index contributed by atoms with van der Waals surface area (Å²) in [6.45, 7) is 0.472. The van der Waals surface area contributed by atoms with E-state index in [4.69, 9.17) is 0 Å². The molecule has 3 aromatic rings. The van der Waals surface area contributed by atoms with Crippen LogP contribution in [0.2, 0.25) is 0 Å². The molecule has 0 radical (unpaired) electrons. The van der Waals surface area contributed by atoms with Crippen molar-refractivity contribution in [2.75, 3.05) is 6.54 Å². The molecule has 0 bridgehead atoms. The van der Waals surface area contributed by atoms with Crippen LogP contribution < -0.4 is 5.32 Å². The van der Waals surface area contributed by atoms with Gasteiger partial charge in [0.15, 0.2) is 11.5 Å². The molecule has 0 atom stereocenters. The van der Waals surface area contributed by atoms with Crippen LogP contribution in [0.1, 0.15) is 29.0 Å². The number of nitrogens with one attached hydrogen (secondary N) is 1. The Morgan fingerprint density at radius 1 is 0.815 bits per heavy atom. The van der Waals surface area contributed by atoms with Crippen LogP contribution in [0.4, 0.5) is 0 Å². The molecule has 4 heteroatoms. The zero-order chi connectivity index (χ0) is 19.1. The molecule has 138 valence electrons. The molecule has 0 spiro atoms. The zero-order valence-electron chi connectivity index (χ0n) is 15.0. The molecule has 0 heterocycles. The van der Waals surface area contributed by atoms with Gasteiger partial charge in [0, 0.05) is 18.9 Å². The molecule has 3 N–H and O–H groups in total. The van der Waals surface area contributed by atoms with E-state index in [-0.39, 0.29) is 23.3 Å². The zero-order valence-corrected chi connectivity index (χ0v) is 15.0. The summed E-state index contributed by atoms with van der Waals surface area (Å²) in [6, 6.07) is 24.8. The molecule has 27 heavy (non-hydrogen) atoms. The third-order valence-electron chi connectivity index (χ3n) is 4.57. The second-order valence-electron chi connectivity index (χ2n) is 6.50. The normalized spacial score (nSPS) is 10.7. The van der Waals surface area contributed by atoms with Crippen molar-refractivity contribution in [3.05, 3.63) is 95.6 Å². The van der Waals surface area contributed by atoms with Crippen LogP contribution in [0.25, 0.3) is 0 Å². The van der Waals surface area contributed by atoms with E-state index in [0.29, 0.717) is 19.4 Å². The van der Waals surface area contributed by atoms with Crippen LogP contribution >= 0.6 is 0 Å². The molecule has 0 aliphatic rings. The summed E-state index contributed by atoms with van der Waals surface area (Å²) in [5.41, 5.74) is 3.08. The van der Waals surface area contributed by atoms with Crippen molar-refractivity contribution in [3.8, 4) is 11.5 Å². The van der Waals surface area contributed by atoms with Crippen LogP contribution in [0.15, 0.2) is 78.9 Å². The van der Waals surface area contributed by atoms with Gasteiger partial charge in [0.2, 0.25) is 5.91 Å². The van der Waals surface area contributed by atoms with E-state index in [0.717, 1.165) is 16.7 Å². The van der Waals surface area contributed by atoms with Gasteiger partial charge in [0.05, 0.1) is 0 Å². The lowest BCUT2D eigenvalue weighted by atomic mass is 9.88. The van der Waals surface area contributed by atoms with Crippen LogP contribution in [0.3, 0.4) is 0 Å². The monoisotopic (exact) mass is 361 g/mol. The second kappa shape index (κ2) is 8.90. The lowest BCUT2D eigenvalue weighted by Crippen LogP contribution is -2.27. The first-order valence-electron chi connectivity index (χ1n) is 9.01. The number of carbonyl (C=O) groups is 1. The Labute approximate surface area is 159 Å². The molecule has 0 fully saturated rings. The average Bonchev–Trinajstić information content (AvgIpc) is 2.70. The Kier molecular flexibility index (Phi) is 6.10. The second-order valence-corrected chi connectivity index (χ2v) is 6.50. The fourth-order valence-corrected chi connectivity index (χ4v) is 3.13. The molecule has 0 aliphatic carbocycles. The molecule has 4 nitrogen and oxygen atoms in total. The van der Waals surface area contributed by atoms with Crippen LogP contribution in [0, 0.1) is 0 Å². The Bertz CT molecular complexity index is 839. The highest BCUT2D eigenvalue weighted by Gasteiger charge is 2.17. The summed E-state index contributed by atoms with van der Waals surface area (Å²) in [6.07, 6.45) is 0.954. The van der Waals surface area contributed by atoms with Crippen molar-refractivity contribution in [2.24, 2.45) is 0 Å². The van der Waals surface area contributed by atoms with Crippen LogP contribution in [-0.4, -0.2) is 22.7 Å². The molecule has 1 amide bonds. The average molecular weight is 361 g/mol. The van der Waals surface area contributed by atoms with Gasteiger partial charge < -0.3 is 15.5 Å². The number of phenols is 2. The molecule has 3 rings (SSSR count). The predicted octanol–water partition coefficient (Wildman–Crippen LogP) is 3.98. The summed E-state index contributed by atoms with van der Waals surface area (Å²) in [5, 5.41) is 21.8. The Hall–Kier alpha value is -3.27. The minimum Gasteiger partial charge on any atom is -0.504 e. The lowest BCUT2D eigenvalue weighted by molar-refractivity contribution is -0.121. The van der Waals surface area contributed by atoms with Gasteiger partial charge in [-0.3, -0.25) is 4.79 Å². The lowest BCUT2D eigenvalue weighted by Gasteiger charge is -2.18. The van der Waals surface area contributed by atoms with E-state index >= 15 is 0 Å². The van der Waals surface area contributed by atoms with Gasteiger partial charge in [-0.1, -0.05) is 66.7 Å². The molecule has 0 aliphatic heterocycles. The minimum absolute atomic E-state index is 0.00474. The molecule has 0 saturated carbocycles. The highest BCUT2D eigenvalue weighted by Crippen LogP contribution is 2.28. The van der Waals surface area contributed by atoms with Gasteiger partial charge in [-0.2, -0.15) is 0 Å². The van der Waals surface area contributed by atoms with Gasteiger partial charge in [0.1, 0.15) is 0 Å². The fraction of sp³-hybridized carbons (Fsp3) is 0.174. The summed E-state index contributed by atoms with van der Waals surface area (Å²) < 4.78 is 0. The number of phenolic OH excluding ortho intramolecular Hbond substituents is 2. The van der Waals surface area contributed by atoms with Crippen molar-refractivity contribution in [2.45, 2.75) is 18.8 Å². The molecular formula is C23H23NO3. The van der Waals surface area contributed by atoms with E-state index in [1.54, 1.807) is 6.07 Å². The van der Waals surface area contributed by atoms with E-state index in [2.05, 4.69) is 5.32 Å². The Balaban J connectivity index is 1.62. The molecule has 3 aromatic carbocycles. The van der Waals surface area contributed by atoms with Crippen LogP contribution in [0.5, 0.6) is 11.5 Å². The third kappa shape index (κ3) is 5.11. The van der Waals surface area contributed by atoms with Gasteiger partial charge in [-0.15, -0.1) is 0 Å². The first-order valence-corrected chi connectivity index (χ1v) is 9.01. The largest absolute Gasteiger partial charge is 0.504 e. The maximum atomic E-state index is 12.5. The number of amides is 1. The van der Waals surface area contributed by atoms with Crippen molar-refractivity contribution >= 4 is 5.91 Å². The van der Waals surface area contributed by atoms with Gasteiger partial charge >= 0.3 is 0 Å². The topological polar surface area (TPSA) is 69.6 Å². The Morgan fingerprint density at radius 2 is 1.41 bits per heavy atom. The Morgan fingerprint density at radius 3 is 1.96 bits per heavy atom. The minimum atomic E-state index is -0.146. The van der Waals surface area contributed by atoms with Crippen molar-refractivity contribution in [3.63, 3.8) is 0 Å². The highest BCUT2D eigenvalue weighted by atomic mass is 16.3. The van der Waals surface area contributed by atoms with Gasteiger partial charge in [-0.05, 0) is 35.2 Å². The standard InChI is InChI=1S/C23H23NO3/c25-21-12-11-17(15-22(21)26)13-14-24-23(27)16-20(18-7-3-1-4-8-18)19-9-5-2-6-10-19/h1-12,15,20,25-26H,13-14,16H2,(H,24,27). The molecule has 0 unspecified atom stereocenters. The first kappa shape index (κ1) is 18.5.